The molecule has 2 aliphatic heterocycles. The van der Waals surface area contributed by atoms with Crippen molar-refractivity contribution in [3.63, 3.8) is 0 Å². The molecule has 1 aromatic rings. The summed E-state index contributed by atoms with van der Waals surface area (Å²) in [7, 11) is 0. The molecule has 0 aromatic heterocycles. The number of amides is 1. The molecule has 1 amide bonds. The van der Waals surface area contributed by atoms with Crippen molar-refractivity contribution >= 4 is 5.91 Å². The maximum Gasteiger partial charge on any atom is 0.234 e. The minimum atomic E-state index is 0.134. The van der Waals surface area contributed by atoms with Crippen molar-refractivity contribution in [2.45, 2.75) is 32.4 Å². The van der Waals surface area contributed by atoms with E-state index in [2.05, 4.69) is 46.7 Å². The molecular weight excluding hydrogens is 262 g/mol. The summed E-state index contributed by atoms with van der Waals surface area (Å²) >= 11 is 0. The summed E-state index contributed by atoms with van der Waals surface area (Å²) in [5, 5.41) is 6.60. The number of nitrogens with zero attached hydrogens (tertiary/aromatic N) is 1. The zero-order chi connectivity index (χ0) is 14.7. The van der Waals surface area contributed by atoms with Crippen LogP contribution in [0.3, 0.4) is 0 Å². The van der Waals surface area contributed by atoms with E-state index < -0.39 is 0 Å². The molecule has 2 fully saturated rings. The zero-order valence-electron chi connectivity index (χ0n) is 12.8. The zero-order valence-corrected chi connectivity index (χ0v) is 12.8. The highest BCUT2D eigenvalue weighted by molar-refractivity contribution is 5.78. The number of carbonyl (C=O) groups excluding carboxylic acids is 1. The van der Waals surface area contributed by atoms with Crippen molar-refractivity contribution in [2.75, 3.05) is 26.2 Å². The van der Waals surface area contributed by atoms with Gasteiger partial charge in [-0.3, -0.25) is 9.69 Å². The lowest BCUT2D eigenvalue weighted by molar-refractivity contribution is -0.122. The van der Waals surface area contributed by atoms with E-state index in [-0.39, 0.29) is 5.91 Å². The molecule has 3 rings (SSSR count). The van der Waals surface area contributed by atoms with Gasteiger partial charge in [-0.25, -0.2) is 0 Å². The van der Waals surface area contributed by atoms with Crippen molar-refractivity contribution in [1.82, 2.24) is 15.5 Å². The summed E-state index contributed by atoms with van der Waals surface area (Å²) in [5.41, 5.74) is 2.41. The summed E-state index contributed by atoms with van der Waals surface area (Å²) in [4.78, 5) is 14.4. The second kappa shape index (κ2) is 6.58. The molecule has 114 valence electrons. The van der Waals surface area contributed by atoms with E-state index in [9.17, 15) is 4.79 Å². The summed E-state index contributed by atoms with van der Waals surface area (Å²) in [6.45, 7) is 6.44. The fourth-order valence-electron chi connectivity index (χ4n) is 3.43. The summed E-state index contributed by atoms with van der Waals surface area (Å²) in [6.07, 6.45) is 2.58. The number of benzene rings is 1. The second-order valence-corrected chi connectivity index (χ2v) is 6.42. The average molecular weight is 287 g/mol. The number of piperidine rings is 1. The van der Waals surface area contributed by atoms with Gasteiger partial charge >= 0.3 is 0 Å². The number of likely N-dealkylation sites (tertiary alicyclic amines) is 1. The molecule has 2 aliphatic rings. The summed E-state index contributed by atoms with van der Waals surface area (Å²) in [6, 6.07) is 8.91. The van der Waals surface area contributed by atoms with Gasteiger partial charge in [-0.1, -0.05) is 29.8 Å². The first-order chi connectivity index (χ1) is 10.2. The second-order valence-electron chi connectivity index (χ2n) is 6.42. The molecule has 2 heterocycles. The van der Waals surface area contributed by atoms with Crippen LogP contribution in [0.15, 0.2) is 24.3 Å². The molecule has 0 aliphatic carbocycles. The van der Waals surface area contributed by atoms with Crippen LogP contribution >= 0.6 is 0 Å². The van der Waals surface area contributed by atoms with E-state index in [4.69, 9.17) is 0 Å². The fourth-order valence-corrected chi connectivity index (χ4v) is 3.43. The Bertz CT molecular complexity index is 471. The lowest BCUT2D eigenvalue weighted by Crippen LogP contribution is -2.41. The topological polar surface area (TPSA) is 44.4 Å². The molecule has 21 heavy (non-hydrogen) atoms. The molecule has 0 radical (unpaired) electrons. The van der Waals surface area contributed by atoms with Crippen LogP contribution in [0.25, 0.3) is 0 Å². The smallest absolute Gasteiger partial charge is 0.234 e. The molecule has 0 unspecified atom stereocenters. The van der Waals surface area contributed by atoms with Gasteiger partial charge in [0.05, 0.1) is 6.54 Å². The minimum absolute atomic E-state index is 0.134. The molecule has 4 nitrogen and oxygen atoms in total. The van der Waals surface area contributed by atoms with Crippen molar-refractivity contribution in [3.05, 3.63) is 35.4 Å². The number of nitrogens with one attached hydrogen (secondary N) is 2. The van der Waals surface area contributed by atoms with Gasteiger partial charge in [0.2, 0.25) is 5.91 Å². The van der Waals surface area contributed by atoms with E-state index in [0.717, 1.165) is 31.1 Å². The minimum Gasteiger partial charge on any atom is -0.351 e. The van der Waals surface area contributed by atoms with Crippen LogP contribution in [0, 0.1) is 12.8 Å². The highest BCUT2D eigenvalue weighted by Crippen LogP contribution is 2.24. The number of rotatable bonds is 4. The largest absolute Gasteiger partial charge is 0.351 e. The monoisotopic (exact) mass is 287 g/mol. The number of fused-ring (bicyclic) bond motifs is 1. The molecule has 0 bridgehead atoms. The van der Waals surface area contributed by atoms with E-state index in [0.29, 0.717) is 19.1 Å². The Morgan fingerprint density at radius 2 is 2.14 bits per heavy atom. The van der Waals surface area contributed by atoms with Crippen LogP contribution in [-0.2, 0) is 11.3 Å². The van der Waals surface area contributed by atoms with E-state index in [1.165, 1.54) is 18.4 Å². The third kappa shape index (κ3) is 3.83. The Morgan fingerprint density at radius 3 is 2.90 bits per heavy atom. The van der Waals surface area contributed by atoms with Crippen LogP contribution in [0.5, 0.6) is 0 Å². The maximum atomic E-state index is 12.1. The highest BCUT2D eigenvalue weighted by atomic mass is 16.2. The first kappa shape index (κ1) is 14.5. The van der Waals surface area contributed by atoms with Crippen LogP contribution in [-0.4, -0.2) is 43.0 Å². The fraction of sp³-hybridized carbons (Fsp3) is 0.588. The lowest BCUT2D eigenvalue weighted by atomic mass is 9.94. The van der Waals surface area contributed by atoms with Crippen molar-refractivity contribution in [2.24, 2.45) is 5.92 Å². The SMILES string of the molecule is Cc1ccc(CNC(=O)CN2C[C@@H]3CCCN[C@@H]3C2)cc1. The van der Waals surface area contributed by atoms with Crippen LogP contribution in [0.1, 0.15) is 24.0 Å². The third-order valence-corrected chi connectivity index (χ3v) is 4.65. The molecular formula is C17H25N3O. The van der Waals surface area contributed by atoms with E-state index >= 15 is 0 Å². The van der Waals surface area contributed by atoms with Crippen molar-refractivity contribution < 1.29 is 4.79 Å². The Labute approximate surface area is 126 Å². The van der Waals surface area contributed by atoms with Gasteiger partial charge in [0.15, 0.2) is 0 Å². The molecule has 2 atom stereocenters. The Balaban J connectivity index is 1.43. The number of hydrogen-bond donors (Lipinski definition) is 2. The molecule has 2 saturated heterocycles. The Hall–Kier alpha value is -1.39. The predicted octanol–water partition coefficient (Wildman–Crippen LogP) is 1.30. The van der Waals surface area contributed by atoms with Crippen LogP contribution in [0.2, 0.25) is 0 Å². The average Bonchev–Trinajstić information content (AvgIpc) is 2.88. The molecule has 0 spiro atoms. The standard InChI is InChI=1S/C17H25N3O/c1-13-4-6-14(7-5-13)9-19-17(21)12-20-10-15-3-2-8-18-16(15)11-20/h4-7,15-16,18H,2-3,8-12H2,1H3,(H,19,21)/t15-,16+/m0/s1. The van der Waals surface area contributed by atoms with Crippen LogP contribution in [0.4, 0.5) is 0 Å². The first-order valence-electron chi connectivity index (χ1n) is 7.99. The van der Waals surface area contributed by atoms with Gasteiger partial charge in [-0.2, -0.15) is 0 Å². The lowest BCUT2D eigenvalue weighted by Gasteiger charge is -2.24. The Morgan fingerprint density at radius 1 is 1.33 bits per heavy atom. The van der Waals surface area contributed by atoms with Gasteiger partial charge in [0.25, 0.3) is 0 Å². The molecule has 0 saturated carbocycles. The van der Waals surface area contributed by atoms with Crippen LogP contribution < -0.4 is 10.6 Å². The van der Waals surface area contributed by atoms with Gasteiger partial charge < -0.3 is 10.6 Å². The third-order valence-electron chi connectivity index (χ3n) is 4.65. The van der Waals surface area contributed by atoms with E-state index in [1.54, 1.807) is 0 Å². The van der Waals surface area contributed by atoms with Gasteiger partial charge in [-0.05, 0) is 37.8 Å². The molecule has 2 N–H and O–H groups in total. The quantitative estimate of drug-likeness (QED) is 0.877. The van der Waals surface area contributed by atoms with E-state index in [1.807, 2.05) is 0 Å². The van der Waals surface area contributed by atoms with Gasteiger partial charge in [-0.15, -0.1) is 0 Å². The summed E-state index contributed by atoms with van der Waals surface area (Å²) < 4.78 is 0. The predicted molar refractivity (Wildman–Crippen MR) is 84.0 cm³/mol. The van der Waals surface area contributed by atoms with Gasteiger partial charge in [0.1, 0.15) is 0 Å². The Kier molecular flexibility index (Phi) is 4.56. The molecule has 1 aromatic carbocycles. The number of hydrogen-bond acceptors (Lipinski definition) is 3. The highest BCUT2D eigenvalue weighted by Gasteiger charge is 2.34. The molecule has 4 heteroatoms. The normalized spacial score (nSPS) is 25.6. The van der Waals surface area contributed by atoms with Crippen molar-refractivity contribution in [1.29, 1.82) is 0 Å². The first-order valence-corrected chi connectivity index (χ1v) is 7.99. The van der Waals surface area contributed by atoms with Gasteiger partial charge in [0, 0.05) is 25.7 Å². The van der Waals surface area contributed by atoms with Crippen molar-refractivity contribution in [3.8, 4) is 0 Å². The maximum absolute atomic E-state index is 12.1. The summed E-state index contributed by atoms with van der Waals surface area (Å²) in [5.74, 6) is 0.873. The number of carbonyl (C=O) groups is 1. The number of aryl methyl sites for hydroxylation is 1.